The number of hydrogen-bond donors (Lipinski definition) is 2. The van der Waals surface area contributed by atoms with E-state index in [0.717, 1.165) is 12.8 Å². The number of fused-ring (bicyclic) bond motifs is 1. The van der Waals surface area contributed by atoms with Crippen LogP contribution in [0.2, 0.25) is 0 Å². The number of carbonyl (C=O) groups is 2. The number of hydrogen-bond acceptors (Lipinski definition) is 6. The smallest absolute Gasteiger partial charge is 0.255 e. The Hall–Kier alpha value is -3.53. The first-order valence-corrected chi connectivity index (χ1v) is 12.7. The number of halogens is 1. The molecule has 0 bridgehead atoms. The third-order valence-corrected chi connectivity index (χ3v) is 7.15. The first kappa shape index (κ1) is 25.1. The Morgan fingerprint density at radius 2 is 1.92 bits per heavy atom. The standard InChI is InChI=1S/C27H32FN5O4/c1-15-4-7-19(37-12-17-5-6-17)22(23(15)28)25-26-24(29-14-30-25)21(16(2)31-26)27(35)32-18-8-10-33(11-9-18)20(34)13-36-3/h4,7,14,17-18,31H,5-6,8-13H2,1-3H3,(H,32,35). The molecule has 2 aromatic heterocycles. The fourth-order valence-corrected chi connectivity index (χ4v) is 4.83. The van der Waals surface area contributed by atoms with Gasteiger partial charge >= 0.3 is 0 Å². The molecule has 0 atom stereocenters. The van der Waals surface area contributed by atoms with Gasteiger partial charge in [-0.25, -0.2) is 14.4 Å². The van der Waals surface area contributed by atoms with Crippen molar-refractivity contribution in [2.75, 3.05) is 33.4 Å². The molecule has 2 amide bonds. The number of aromatic nitrogens is 3. The largest absolute Gasteiger partial charge is 0.492 e. The molecular weight excluding hydrogens is 477 g/mol. The number of methoxy groups -OCH3 is 1. The molecular formula is C27H32FN5O4. The lowest BCUT2D eigenvalue weighted by Crippen LogP contribution is -2.47. The van der Waals surface area contributed by atoms with Crippen molar-refractivity contribution in [3.05, 3.63) is 41.1 Å². The molecule has 2 fully saturated rings. The number of benzene rings is 1. The summed E-state index contributed by atoms with van der Waals surface area (Å²) < 4.78 is 26.4. The van der Waals surface area contributed by atoms with Gasteiger partial charge in [0.25, 0.3) is 5.91 Å². The first-order chi connectivity index (χ1) is 17.9. The Kier molecular flexibility index (Phi) is 7.10. The maximum Gasteiger partial charge on any atom is 0.255 e. The van der Waals surface area contributed by atoms with E-state index in [4.69, 9.17) is 9.47 Å². The molecule has 1 saturated heterocycles. The van der Waals surface area contributed by atoms with Gasteiger partial charge in [0.1, 0.15) is 35.7 Å². The van der Waals surface area contributed by atoms with Crippen LogP contribution in [-0.4, -0.2) is 71.1 Å². The molecule has 196 valence electrons. The van der Waals surface area contributed by atoms with Crippen LogP contribution in [0.5, 0.6) is 5.75 Å². The molecule has 2 N–H and O–H groups in total. The van der Waals surface area contributed by atoms with Gasteiger partial charge in [-0.15, -0.1) is 0 Å². The Morgan fingerprint density at radius 3 is 2.62 bits per heavy atom. The number of carbonyl (C=O) groups excluding carboxylic acids is 2. The zero-order valence-electron chi connectivity index (χ0n) is 21.4. The summed E-state index contributed by atoms with van der Waals surface area (Å²) in [7, 11) is 1.50. The zero-order valence-corrected chi connectivity index (χ0v) is 21.4. The van der Waals surface area contributed by atoms with Crippen molar-refractivity contribution in [1.82, 2.24) is 25.2 Å². The van der Waals surface area contributed by atoms with E-state index in [1.54, 1.807) is 30.9 Å². The van der Waals surface area contributed by atoms with Gasteiger partial charge in [0, 0.05) is 31.9 Å². The van der Waals surface area contributed by atoms with E-state index in [1.165, 1.54) is 13.4 Å². The normalized spacial score (nSPS) is 16.3. The van der Waals surface area contributed by atoms with Crippen LogP contribution in [0.3, 0.4) is 0 Å². The van der Waals surface area contributed by atoms with Gasteiger partial charge in [0.2, 0.25) is 5.91 Å². The van der Waals surface area contributed by atoms with Crippen molar-refractivity contribution in [3.8, 4) is 17.0 Å². The van der Waals surface area contributed by atoms with Gasteiger partial charge in [-0.3, -0.25) is 9.59 Å². The predicted molar refractivity (Wildman–Crippen MR) is 136 cm³/mol. The Morgan fingerprint density at radius 1 is 1.16 bits per heavy atom. The third-order valence-electron chi connectivity index (χ3n) is 7.15. The number of H-pyrrole nitrogens is 1. The molecule has 0 unspecified atom stereocenters. The molecule has 1 saturated carbocycles. The maximum atomic E-state index is 15.5. The number of piperidine rings is 1. The number of amides is 2. The van der Waals surface area contributed by atoms with Crippen molar-refractivity contribution >= 4 is 22.8 Å². The van der Waals surface area contributed by atoms with Gasteiger partial charge < -0.3 is 24.7 Å². The topological polar surface area (TPSA) is 109 Å². The fourth-order valence-electron chi connectivity index (χ4n) is 4.83. The number of ether oxygens (including phenoxy) is 2. The lowest BCUT2D eigenvalue weighted by atomic mass is 10.0. The highest BCUT2D eigenvalue weighted by atomic mass is 19.1. The number of rotatable bonds is 8. The van der Waals surface area contributed by atoms with Crippen molar-refractivity contribution in [1.29, 1.82) is 0 Å². The Balaban J connectivity index is 1.41. The fraction of sp³-hybridized carbons (Fsp3) is 0.481. The number of aryl methyl sites for hydroxylation is 2. The molecule has 0 spiro atoms. The van der Waals surface area contributed by atoms with E-state index in [9.17, 15) is 9.59 Å². The van der Waals surface area contributed by atoms with Crippen LogP contribution in [0.25, 0.3) is 22.3 Å². The second-order valence-corrected chi connectivity index (χ2v) is 9.96. The van der Waals surface area contributed by atoms with E-state index in [-0.39, 0.29) is 30.0 Å². The predicted octanol–water partition coefficient (Wildman–Crippen LogP) is 3.54. The van der Waals surface area contributed by atoms with Gasteiger partial charge in [-0.2, -0.15) is 0 Å². The molecule has 3 heterocycles. The molecule has 10 heteroatoms. The van der Waals surface area contributed by atoms with E-state index >= 15 is 4.39 Å². The monoisotopic (exact) mass is 509 g/mol. The summed E-state index contributed by atoms with van der Waals surface area (Å²) in [6, 6.07) is 3.41. The number of aromatic amines is 1. The van der Waals surface area contributed by atoms with E-state index in [0.29, 0.717) is 77.8 Å². The summed E-state index contributed by atoms with van der Waals surface area (Å²) in [5.74, 6) is 0.234. The van der Waals surface area contributed by atoms with Crippen LogP contribution in [0.15, 0.2) is 18.5 Å². The van der Waals surface area contributed by atoms with Crippen LogP contribution >= 0.6 is 0 Å². The van der Waals surface area contributed by atoms with Crippen molar-refractivity contribution in [3.63, 3.8) is 0 Å². The van der Waals surface area contributed by atoms with Crippen LogP contribution in [0, 0.1) is 25.6 Å². The summed E-state index contributed by atoms with van der Waals surface area (Å²) in [6.07, 6.45) is 4.91. The van der Waals surface area contributed by atoms with Crippen LogP contribution < -0.4 is 10.1 Å². The summed E-state index contributed by atoms with van der Waals surface area (Å²) >= 11 is 0. The Bertz CT molecular complexity index is 1330. The molecule has 1 aromatic carbocycles. The summed E-state index contributed by atoms with van der Waals surface area (Å²) in [4.78, 5) is 39.2. The molecule has 5 rings (SSSR count). The minimum absolute atomic E-state index is 0.0483. The summed E-state index contributed by atoms with van der Waals surface area (Å²) in [6.45, 7) is 5.21. The molecule has 3 aromatic rings. The number of likely N-dealkylation sites (tertiary alicyclic amines) is 1. The molecule has 9 nitrogen and oxygen atoms in total. The molecule has 2 aliphatic rings. The highest BCUT2D eigenvalue weighted by Gasteiger charge is 2.28. The van der Waals surface area contributed by atoms with Crippen LogP contribution in [-0.2, 0) is 9.53 Å². The quantitative estimate of drug-likeness (QED) is 0.481. The molecule has 1 aliphatic heterocycles. The van der Waals surface area contributed by atoms with Gasteiger partial charge in [-0.1, -0.05) is 6.07 Å². The van der Waals surface area contributed by atoms with Crippen molar-refractivity contribution < 1.29 is 23.5 Å². The Labute approximate surface area is 214 Å². The number of nitrogens with one attached hydrogen (secondary N) is 2. The van der Waals surface area contributed by atoms with Gasteiger partial charge in [-0.05, 0) is 57.1 Å². The lowest BCUT2D eigenvalue weighted by Gasteiger charge is -2.32. The second-order valence-electron chi connectivity index (χ2n) is 9.96. The average Bonchev–Trinajstić information content (AvgIpc) is 3.65. The maximum absolute atomic E-state index is 15.5. The van der Waals surface area contributed by atoms with Crippen molar-refractivity contribution in [2.45, 2.75) is 45.6 Å². The van der Waals surface area contributed by atoms with E-state index < -0.39 is 5.82 Å². The van der Waals surface area contributed by atoms with Crippen molar-refractivity contribution in [2.24, 2.45) is 5.92 Å². The molecule has 1 aliphatic carbocycles. The molecule has 0 radical (unpaired) electrons. The van der Waals surface area contributed by atoms with Crippen LogP contribution in [0.4, 0.5) is 4.39 Å². The molecule has 37 heavy (non-hydrogen) atoms. The highest BCUT2D eigenvalue weighted by molar-refractivity contribution is 6.09. The zero-order chi connectivity index (χ0) is 26.1. The minimum Gasteiger partial charge on any atom is -0.492 e. The second kappa shape index (κ2) is 10.5. The van der Waals surface area contributed by atoms with Gasteiger partial charge in [0.05, 0.1) is 23.3 Å². The third kappa shape index (κ3) is 5.16. The SMILES string of the molecule is COCC(=O)N1CCC(NC(=O)c2c(C)[nH]c3c(-c4c(OCC5CC5)ccc(C)c4F)ncnc23)CC1. The summed E-state index contributed by atoms with van der Waals surface area (Å²) in [5.41, 5.74) is 3.07. The average molecular weight is 510 g/mol. The number of nitrogens with zero attached hydrogens (tertiary/aromatic N) is 3. The van der Waals surface area contributed by atoms with Gasteiger partial charge in [0.15, 0.2) is 0 Å². The lowest BCUT2D eigenvalue weighted by molar-refractivity contribution is -0.136. The minimum atomic E-state index is -0.402. The highest BCUT2D eigenvalue weighted by Crippen LogP contribution is 2.39. The van der Waals surface area contributed by atoms with E-state index in [1.807, 2.05) is 0 Å². The first-order valence-electron chi connectivity index (χ1n) is 12.7. The van der Waals surface area contributed by atoms with E-state index in [2.05, 4.69) is 20.3 Å². The van der Waals surface area contributed by atoms with Crippen LogP contribution in [0.1, 0.15) is 47.3 Å². The summed E-state index contributed by atoms with van der Waals surface area (Å²) in [5, 5.41) is 3.09.